The van der Waals surface area contributed by atoms with Crippen molar-refractivity contribution in [2.24, 2.45) is 0 Å². The lowest BCUT2D eigenvalue weighted by molar-refractivity contribution is 0.0752. The number of sulfone groups is 1. The van der Waals surface area contributed by atoms with Crippen LogP contribution in [-0.4, -0.2) is 36.1 Å². The third-order valence-corrected chi connectivity index (χ3v) is 6.71. The Labute approximate surface area is 186 Å². The Kier molecular flexibility index (Phi) is 6.23. The molecule has 2 aromatic carbocycles. The third kappa shape index (κ3) is 4.97. The van der Waals surface area contributed by atoms with Crippen molar-refractivity contribution in [2.75, 3.05) is 7.05 Å². The second-order valence-electron chi connectivity index (χ2n) is 7.54. The average Bonchev–Trinajstić information content (AvgIpc) is 3.43. The van der Waals surface area contributed by atoms with Gasteiger partial charge >= 0.3 is 0 Å². The van der Waals surface area contributed by atoms with Crippen molar-refractivity contribution >= 4 is 15.7 Å². The number of benzene rings is 2. The van der Waals surface area contributed by atoms with Gasteiger partial charge in [-0.25, -0.2) is 8.42 Å². The minimum atomic E-state index is -3.59. The largest absolute Gasteiger partial charge is 0.459 e. The van der Waals surface area contributed by atoms with E-state index in [1.807, 2.05) is 41.2 Å². The van der Waals surface area contributed by atoms with E-state index in [1.165, 1.54) is 29.4 Å². The summed E-state index contributed by atoms with van der Waals surface area (Å²) in [5.41, 5.74) is 2.33. The molecule has 0 unspecified atom stereocenters. The molecule has 2 aromatic heterocycles. The molecule has 32 heavy (non-hydrogen) atoms. The van der Waals surface area contributed by atoms with E-state index < -0.39 is 9.84 Å². The highest BCUT2D eigenvalue weighted by molar-refractivity contribution is 7.90. The predicted octanol–water partition coefficient (Wildman–Crippen LogP) is 3.77. The van der Waals surface area contributed by atoms with Crippen molar-refractivity contribution < 1.29 is 17.6 Å². The molecule has 0 bridgehead atoms. The molecule has 164 valence electrons. The topological polar surface area (TPSA) is 85.4 Å². The van der Waals surface area contributed by atoms with Crippen LogP contribution in [-0.2, 0) is 28.7 Å². The maximum Gasteiger partial charge on any atom is 0.289 e. The van der Waals surface area contributed by atoms with Crippen LogP contribution >= 0.6 is 0 Å². The van der Waals surface area contributed by atoms with Gasteiger partial charge in [-0.1, -0.05) is 48.5 Å². The summed E-state index contributed by atoms with van der Waals surface area (Å²) >= 11 is 0. The maximum atomic E-state index is 13.0. The molecule has 0 aliphatic carbocycles. The van der Waals surface area contributed by atoms with Gasteiger partial charge in [0.05, 0.1) is 29.7 Å². The van der Waals surface area contributed by atoms with E-state index in [0.717, 1.165) is 11.1 Å². The molecule has 0 aliphatic rings. The fraction of sp³-hybridized carbons (Fsp3) is 0.167. The molecule has 4 rings (SSSR count). The van der Waals surface area contributed by atoms with Crippen molar-refractivity contribution in [3.05, 3.63) is 108 Å². The van der Waals surface area contributed by atoms with Gasteiger partial charge < -0.3 is 9.32 Å². The molecule has 0 fully saturated rings. The Morgan fingerprint density at radius 2 is 1.69 bits per heavy atom. The van der Waals surface area contributed by atoms with Crippen molar-refractivity contribution in [1.29, 1.82) is 0 Å². The molecular weight excluding hydrogens is 426 g/mol. The van der Waals surface area contributed by atoms with Gasteiger partial charge in [-0.2, -0.15) is 5.10 Å². The molecule has 8 heteroatoms. The predicted molar refractivity (Wildman–Crippen MR) is 120 cm³/mol. The number of rotatable bonds is 8. The highest BCUT2D eigenvalue weighted by Gasteiger charge is 2.24. The molecule has 0 saturated carbocycles. The lowest BCUT2D eigenvalue weighted by atomic mass is 10.2. The summed E-state index contributed by atoms with van der Waals surface area (Å²) in [5, 5.41) is 4.36. The van der Waals surface area contributed by atoms with Gasteiger partial charge in [0.1, 0.15) is 0 Å². The van der Waals surface area contributed by atoms with Crippen LogP contribution in [0.25, 0.3) is 0 Å². The first-order valence-corrected chi connectivity index (χ1v) is 11.7. The van der Waals surface area contributed by atoms with Crippen LogP contribution in [0.4, 0.5) is 0 Å². The van der Waals surface area contributed by atoms with Crippen LogP contribution in [0.15, 0.2) is 94.7 Å². The van der Waals surface area contributed by atoms with E-state index in [9.17, 15) is 13.2 Å². The Hall–Kier alpha value is -3.65. The van der Waals surface area contributed by atoms with E-state index in [1.54, 1.807) is 31.4 Å². The van der Waals surface area contributed by atoms with Crippen LogP contribution in [0, 0.1) is 0 Å². The third-order valence-electron chi connectivity index (χ3n) is 5.03. The molecule has 0 saturated heterocycles. The molecule has 2 heterocycles. The fourth-order valence-corrected chi connectivity index (χ4v) is 4.79. The number of hydrogen-bond donors (Lipinski definition) is 0. The quantitative estimate of drug-likeness (QED) is 0.409. The summed E-state index contributed by atoms with van der Waals surface area (Å²) in [6, 6.07) is 19.7. The summed E-state index contributed by atoms with van der Waals surface area (Å²) < 4.78 is 32.6. The Morgan fingerprint density at radius 1 is 1.00 bits per heavy atom. The monoisotopic (exact) mass is 449 g/mol. The van der Waals surface area contributed by atoms with Crippen LogP contribution in [0.2, 0.25) is 0 Å². The van der Waals surface area contributed by atoms with Crippen molar-refractivity contribution in [2.45, 2.75) is 23.7 Å². The summed E-state index contributed by atoms with van der Waals surface area (Å²) in [6.45, 7) is 0.956. The van der Waals surface area contributed by atoms with Crippen LogP contribution in [0.5, 0.6) is 0 Å². The Morgan fingerprint density at radius 3 is 2.41 bits per heavy atom. The van der Waals surface area contributed by atoms with E-state index in [0.29, 0.717) is 18.7 Å². The molecular formula is C24H23N3O4S. The summed E-state index contributed by atoms with van der Waals surface area (Å²) in [7, 11) is -1.95. The first-order valence-electron chi connectivity index (χ1n) is 10.1. The van der Waals surface area contributed by atoms with Crippen molar-refractivity contribution in [3.8, 4) is 0 Å². The van der Waals surface area contributed by atoms with E-state index >= 15 is 0 Å². The average molecular weight is 450 g/mol. The standard InChI is InChI=1S/C24H23N3O4S/c1-26(15-20-14-25-27(17-20)16-19-8-4-2-5-9-19)24(28)23-21(12-13-31-23)18-32(29,30)22-10-6-3-7-11-22/h2-14,17H,15-16,18H2,1H3. The summed E-state index contributed by atoms with van der Waals surface area (Å²) in [4.78, 5) is 14.7. The zero-order valence-corrected chi connectivity index (χ0v) is 18.4. The second kappa shape index (κ2) is 9.23. The SMILES string of the molecule is CN(Cc1cnn(Cc2ccccc2)c1)C(=O)c1occc1CS(=O)(=O)c1ccccc1. The summed E-state index contributed by atoms with van der Waals surface area (Å²) in [6.07, 6.45) is 4.95. The lowest BCUT2D eigenvalue weighted by Gasteiger charge is -2.15. The molecule has 4 aromatic rings. The number of nitrogens with zero attached hydrogens (tertiary/aromatic N) is 3. The van der Waals surface area contributed by atoms with Gasteiger partial charge in [-0.05, 0) is 23.8 Å². The van der Waals surface area contributed by atoms with Gasteiger partial charge in [-0.15, -0.1) is 0 Å². The molecule has 0 radical (unpaired) electrons. The molecule has 0 aliphatic heterocycles. The fourth-order valence-electron chi connectivity index (χ4n) is 3.42. The first kappa shape index (κ1) is 21.6. The Bertz CT molecular complexity index is 1300. The van der Waals surface area contributed by atoms with E-state index in [-0.39, 0.29) is 22.3 Å². The molecule has 7 nitrogen and oxygen atoms in total. The zero-order chi connectivity index (χ0) is 22.6. The van der Waals surface area contributed by atoms with Crippen LogP contribution in [0.1, 0.15) is 27.2 Å². The Balaban J connectivity index is 1.44. The number of hydrogen-bond acceptors (Lipinski definition) is 5. The summed E-state index contributed by atoms with van der Waals surface area (Å²) in [5.74, 6) is -0.662. The second-order valence-corrected chi connectivity index (χ2v) is 9.53. The first-order chi connectivity index (χ1) is 15.4. The smallest absolute Gasteiger partial charge is 0.289 e. The minimum absolute atomic E-state index is 0.0312. The molecule has 0 N–H and O–H groups in total. The maximum absolute atomic E-state index is 13.0. The highest BCUT2D eigenvalue weighted by atomic mass is 32.2. The molecule has 0 spiro atoms. The van der Waals surface area contributed by atoms with E-state index in [2.05, 4.69) is 5.10 Å². The van der Waals surface area contributed by atoms with Crippen molar-refractivity contribution in [3.63, 3.8) is 0 Å². The molecule has 0 atom stereocenters. The number of carbonyl (C=O) groups is 1. The van der Waals surface area contributed by atoms with Gasteiger partial charge in [-0.3, -0.25) is 9.48 Å². The molecule has 1 amide bonds. The van der Waals surface area contributed by atoms with Gasteiger partial charge in [0, 0.05) is 30.9 Å². The van der Waals surface area contributed by atoms with E-state index in [4.69, 9.17) is 4.42 Å². The highest BCUT2D eigenvalue weighted by Crippen LogP contribution is 2.21. The normalized spacial score (nSPS) is 11.4. The zero-order valence-electron chi connectivity index (χ0n) is 17.6. The number of furan rings is 1. The number of carbonyl (C=O) groups excluding carboxylic acids is 1. The minimum Gasteiger partial charge on any atom is -0.459 e. The number of aromatic nitrogens is 2. The van der Waals surface area contributed by atoms with Gasteiger partial charge in [0.2, 0.25) is 0 Å². The van der Waals surface area contributed by atoms with Gasteiger partial charge in [0.15, 0.2) is 15.6 Å². The lowest BCUT2D eigenvalue weighted by Crippen LogP contribution is -2.26. The van der Waals surface area contributed by atoms with Crippen LogP contribution < -0.4 is 0 Å². The number of amides is 1. The van der Waals surface area contributed by atoms with Crippen molar-refractivity contribution in [1.82, 2.24) is 14.7 Å². The van der Waals surface area contributed by atoms with Crippen LogP contribution in [0.3, 0.4) is 0 Å². The van der Waals surface area contributed by atoms with Gasteiger partial charge in [0.25, 0.3) is 5.91 Å².